The first kappa shape index (κ1) is 14.6. The molecule has 6 nitrogen and oxygen atoms in total. The molecule has 1 fully saturated rings. The Morgan fingerprint density at radius 1 is 1.41 bits per heavy atom. The van der Waals surface area contributed by atoms with Crippen LogP contribution in [0, 0.1) is 12.3 Å². The molecule has 3 rings (SSSR count). The van der Waals surface area contributed by atoms with Crippen LogP contribution in [-0.2, 0) is 10.3 Å². The number of aryl methyl sites for hydroxylation is 1. The van der Waals surface area contributed by atoms with E-state index in [-0.39, 0.29) is 18.3 Å². The number of carbonyl (C=O) groups is 1. The fraction of sp³-hybridized carbons (Fsp3) is 0.333. The summed E-state index contributed by atoms with van der Waals surface area (Å²) in [7, 11) is 1.60. The van der Waals surface area contributed by atoms with Gasteiger partial charge in [-0.15, -0.1) is 11.3 Å². The minimum Gasteiger partial charge on any atom is -0.344 e. The highest BCUT2D eigenvalue weighted by molar-refractivity contribution is 7.15. The van der Waals surface area contributed by atoms with Crippen molar-refractivity contribution in [1.82, 2.24) is 20.2 Å². The first-order chi connectivity index (χ1) is 10.4. The zero-order valence-corrected chi connectivity index (χ0v) is 13.5. The van der Waals surface area contributed by atoms with E-state index in [1.807, 2.05) is 26.2 Å². The van der Waals surface area contributed by atoms with Crippen LogP contribution in [0.2, 0.25) is 0 Å². The largest absolute Gasteiger partial charge is 0.344 e. The van der Waals surface area contributed by atoms with Gasteiger partial charge in [0.2, 0.25) is 5.91 Å². The van der Waals surface area contributed by atoms with Crippen molar-refractivity contribution in [3.05, 3.63) is 35.2 Å². The summed E-state index contributed by atoms with van der Waals surface area (Å²) < 4.78 is 0. The van der Waals surface area contributed by atoms with E-state index in [2.05, 4.69) is 21.4 Å². The van der Waals surface area contributed by atoms with Crippen molar-refractivity contribution >= 4 is 23.2 Å². The van der Waals surface area contributed by atoms with E-state index in [4.69, 9.17) is 5.41 Å². The van der Waals surface area contributed by atoms with Crippen LogP contribution in [0.15, 0.2) is 24.7 Å². The molecule has 0 aromatic carbocycles. The molecule has 0 spiro atoms. The van der Waals surface area contributed by atoms with E-state index < -0.39 is 5.54 Å². The van der Waals surface area contributed by atoms with Crippen LogP contribution < -0.4 is 5.32 Å². The lowest BCUT2D eigenvalue weighted by Crippen LogP contribution is -2.58. The number of carbonyl (C=O) groups excluding carboxylic acids is 1. The maximum Gasteiger partial charge on any atom is 0.231 e. The molecule has 22 heavy (non-hydrogen) atoms. The van der Waals surface area contributed by atoms with Crippen molar-refractivity contribution in [1.29, 1.82) is 5.41 Å². The Morgan fingerprint density at radius 3 is 2.86 bits per heavy atom. The highest BCUT2D eigenvalue weighted by Crippen LogP contribution is 2.35. The summed E-state index contributed by atoms with van der Waals surface area (Å²) in [6.07, 6.45) is 5.70. The van der Waals surface area contributed by atoms with Crippen molar-refractivity contribution < 1.29 is 4.79 Å². The SMILES string of the molecule is Cc1cncc(-c2cnc([C@]3(C)CC(=O)N(C)C(=N)N3)s2)c1. The predicted octanol–water partition coefficient (Wildman–Crippen LogP) is 2.12. The van der Waals surface area contributed by atoms with Gasteiger partial charge in [0.25, 0.3) is 0 Å². The summed E-state index contributed by atoms with van der Waals surface area (Å²) in [4.78, 5) is 23.0. The molecule has 1 saturated heterocycles. The maximum atomic E-state index is 12.0. The molecule has 0 radical (unpaired) electrons. The zero-order chi connectivity index (χ0) is 15.9. The summed E-state index contributed by atoms with van der Waals surface area (Å²) in [6.45, 7) is 3.90. The lowest BCUT2D eigenvalue weighted by atomic mass is 9.96. The van der Waals surface area contributed by atoms with Crippen molar-refractivity contribution in [2.75, 3.05) is 7.05 Å². The van der Waals surface area contributed by atoms with Gasteiger partial charge in [0.1, 0.15) is 5.01 Å². The van der Waals surface area contributed by atoms with Crippen LogP contribution in [0.4, 0.5) is 0 Å². The average molecular weight is 315 g/mol. The molecule has 0 aliphatic carbocycles. The normalized spacial score (nSPS) is 21.9. The molecule has 0 unspecified atom stereocenters. The Bertz CT molecular complexity index is 736. The van der Waals surface area contributed by atoms with E-state index in [0.717, 1.165) is 21.0 Å². The Morgan fingerprint density at radius 2 is 2.18 bits per heavy atom. The summed E-state index contributed by atoms with van der Waals surface area (Å²) in [6, 6.07) is 2.06. The third-order valence-corrected chi connectivity index (χ3v) is 5.06. The van der Waals surface area contributed by atoms with Crippen LogP contribution in [-0.4, -0.2) is 33.8 Å². The smallest absolute Gasteiger partial charge is 0.231 e. The Labute approximate surface area is 132 Å². The molecule has 2 aromatic heterocycles. The van der Waals surface area contributed by atoms with Gasteiger partial charge < -0.3 is 5.32 Å². The number of hydrogen-bond donors (Lipinski definition) is 2. The van der Waals surface area contributed by atoms with Gasteiger partial charge >= 0.3 is 0 Å². The van der Waals surface area contributed by atoms with Crippen molar-refractivity contribution in [2.45, 2.75) is 25.8 Å². The molecule has 114 valence electrons. The number of amides is 1. The van der Waals surface area contributed by atoms with Crippen molar-refractivity contribution in [3.63, 3.8) is 0 Å². The van der Waals surface area contributed by atoms with Gasteiger partial charge in [-0.2, -0.15) is 0 Å². The number of hydrogen-bond acceptors (Lipinski definition) is 5. The number of guanidine groups is 1. The first-order valence-electron chi connectivity index (χ1n) is 6.91. The van der Waals surface area contributed by atoms with Gasteiger partial charge in [0, 0.05) is 31.2 Å². The van der Waals surface area contributed by atoms with Gasteiger partial charge in [0.05, 0.1) is 16.8 Å². The van der Waals surface area contributed by atoms with Crippen LogP contribution in [0.1, 0.15) is 23.9 Å². The third-order valence-electron chi connectivity index (χ3n) is 3.75. The standard InChI is InChI=1S/C15H17N5OS/c1-9-4-10(7-17-6-9)11-8-18-13(22-11)15(2)5-12(21)20(3)14(16)19-15/h4,6-8H,5H2,1-3H3,(H2,16,19)/t15-/m0/s1. The lowest BCUT2D eigenvalue weighted by Gasteiger charge is -2.37. The van der Waals surface area contributed by atoms with Crippen LogP contribution in [0.5, 0.6) is 0 Å². The number of thiazole rings is 1. The summed E-state index contributed by atoms with van der Waals surface area (Å²) in [5, 5.41) is 11.8. The van der Waals surface area contributed by atoms with Crippen molar-refractivity contribution in [3.8, 4) is 10.4 Å². The molecule has 1 aliphatic heterocycles. The van der Waals surface area contributed by atoms with E-state index in [1.54, 1.807) is 13.2 Å². The van der Waals surface area contributed by atoms with Crippen LogP contribution >= 0.6 is 11.3 Å². The molecule has 2 aromatic rings. The number of rotatable bonds is 2. The topological polar surface area (TPSA) is 82.0 Å². The summed E-state index contributed by atoms with van der Waals surface area (Å²) >= 11 is 1.52. The minimum atomic E-state index is -0.638. The Hall–Kier alpha value is -2.28. The third kappa shape index (κ3) is 2.48. The van der Waals surface area contributed by atoms with Gasteiger partial charge in [-0.1, -0.05) is 0 Å². The molecule has 1 aliphatic rings. The molecule has 3 heterocycles. The van der Waals surface area contributed by atoms with Gasteiger partial charge in [-0.25, -0.2) is 4.98 Å². The summed E-state index contributed by atoms with van der Waals surface area (Å²) in [5.41, 5.74) is 1.47. The number of pyridine rings is 1. The van der Waals surface area contributed by atoms with Gasteiger partial charge in [0.15, 0.2) is 5.96 Å². The van der Waals surface area contributed by atoms with E-state index >= 15 is 0 Å². The lowest BCUT2D eigenvalue weighted by molar-refractivity contribution is -0.129. The van der Waals surface area contributed by atoms with E-state index in [0.29, 0.717) is 0 Å². The zero-order valence-electron chi connectivity index (χ0n) is 12.7. The molecule has 0 bridgehead atoms. The second-order valence-electron chi connectivity index (χ2n) is 5.72. The first-order valence-corrected chi connectivity index (χ1v) is 7.72. The molecular weight excluding hydrogens is 298 g/mol. The second-order valence-corrected chi connectivity index (χ2v) is 6.75. The quantitative estimate of drug-likeness (QED) is 0.889. The molecular formula is C15H17N5OS. The highest BCUT2D eigenvalue weighted by atomic mass is 32.1. The average Bonchev–Trinajstić information content (AvgIpc) is 2.95. The highest BCUT2D eigenvalue weighted by Gasteiger charge is 2.40. The van der Waals surface area contributed by atoms with Gasteiger partial charge in [-0.05, 0) is 25.5 Å². The minimum absolute atomic E-state index is 0.0831. The van der Waals surface area contributed by atoms with Crippen LogP contribution in [0.3, 0.4) is 0 Å². The van der Waals surface area contributed by atoms with Crippen molar-refractivity contribution in [2.24, 2.45) is 0 Å². The predicted molar refractivity (Wildman–Crippen MR) is 85.7 cm³/mol. The monoisotopic (exact) mass is 315 g/mol. The fourth-order valence-electron chi connectivity index (χ4n) is 2.42. The Balaban J connectivity index is 1.93. The number of aromatic nitrogens is 2. The molecule has 7 heteroatoms. The summed E-state index contributed by atoms with van der Waals surface area (Å²) in [5.74, 6) is 0.0212. The van der Waals surface area contributed by atoms with E-state index in [1.165, 1.54) is 16.2 Å². The molecule has 0 saturated carbocycles. The fourth-order valence-corrected chi connectivity index (χ4v) is 3.41. The number of nitrogens with zero attached hydrogens (tertiary/aromatic N) is 3. The van der Waals surface area contributed by atoms with Gasteiger partial charge in [-0.3, -0.25) is 20.1 Å². The van der Waals surface area contributed by atoms with E-state index in [9.17, 15) is 4.79 Å². The Kier molecular flexibility index (Phi) is 3.44. The number of nitrogens with one attached hydrogen (secondary N) is 2. The second kappa shape index (κ2) is 5.17. The molecule has 2 N–H and O–H groups in total. The molecule has 1 amide bonds. The molecule has 1 atom stereocenters. The maximum absolute atomic E-state index is 12.0. The van der Waals surface area contributed by atoms with Crippen LogP contribution in [0.25, 0.3) is 10.4 Å².